The maximum atomic E-state index is 9.48. The molecule has 9 heteroatoms. The van der Waals surface area contributed by atoms with Crippen LogP contribution in [0.1, 0.15) is 12.8 Å². The van der Waals surface area contributed by atoms with Crippen molar-refractivity contribution in [1.29, 1.82) is 0 Å². The average molecular weight is 412 g/mol. The van der Waals surface area contributed by atoms with E-state index in [0.717, 1.165) is 18.9 Å². The first-order chi connectivity index (χ1) is 10.6. The van der Waals surface area contributed by atoms with E-state index in [4.69, 9.17) is 17.5 Å². The Hall–Kier alpha value is 0.668. The van der Waals surface area contributed by atoms with Gasteiger partial charge in [-0.3, -0.25) is 0 Å². The number of unbranched alkanes of at least 4 members (excludes halogenated alkanes) is 1. The molecule has 1 unspecified atom stereocenters. The minimum absolute atomic E-state index is 0.231. The van der Waals surface area contributed by atoms with Crippen LogP contribution in [0.5, 0.6) is 0 Å². The molecule has 0 aromatic carbocycles. The van der Waals surface area contributed by atoms with E-state index >= 15 is 0 Å². The minimum atomic E-state index is -2.76. The van der Waals surface area contributed by atoms with E-state index in [1.807, 2.05) is 0 Å². The van der Waals surface area contributed by atoms with E-state index in [2.05, 4.69) is 58.9 Å². The molecular weight excluding hydrogens is 373 g/mol. The van der Waals surface area contributed by atoms with E-state index in [1.165, 1.54) is 0 Å². The fraction of sp³-hybridized carbons (Fsp3) is 0.933. The Bertz CT molecular complexity index is 320. The topological polar surface area (TPSA) is 68.2 Å². The van der Waals surface area contributed by atoms with Crippen molar-refractivity contribution in [2.24, 2.45) is 0 Å². The van der Waals surface area contributed by atoms with Gasteiger partial charge in [0.1, 0.15) is 0 Å². The highest BCUT2D eigenvalue weighted by Crippen LogP contribution is 2.30. The van der Waals surface area contributed by atoms with Crippen molar-refractivity contribution in [3.8, 4) is 0 Å². The molecule has 0 bridgehead atoms. The van der Waals surface area contributed by atoms with E-state index < -0.39 is 39.9 Å². The van der Waals surface area contributed by atoms with Gasteiger partial charge in [-0.25, -0.2) is 0 Å². The summed E-state index contributed by atoms with van der Waals surface area (Å²) in [7, 11) is -8.24. The largest absolute Gasteiger partial charge is 0.469 e. The second kappa shape index (κ2) is 9.56. The zero-order valence-electron chi connectivity index (χ0n) is 17.1. The number of aliphatic hydroxyl groups excluding tert-OH is 2. The monoisotopic (exact) mass is 411 g/mol. The van der Waals surface area contributed by atoms with Crippen molar-refractivity contribution >= 4 is 33.8 Å². The van der Waals surface area contributed by atoms with Crippen molar-refractivity contribution in [3.63, 3.8) is 0 Å². The van der Waals surface area contributed by atoms with Crippen molar-refractivity contribution in [2.45, 2.75) is 83.9 Å². The van der Waals surface area contributed by atoms with Crippen molar-refractivity contribution in [2.75, 3.05) is 6.61 Å². The van der Waals surface area contributed by atoms with Gasteiger partial charge in [0.25, 0.3) is 0 Å². The number of hydrogen-bond donors (Lipinski definition) is 2. The van der Waals surface area contributed by atoms with Crippen molar-refractivity contribution in [1.82, 2.24) is 0 Å². The van der Waals surface area contributed by atoms with Gasteiger partial charge in [-0.2, -0.15) is 0 Å². The van der Waals surface area contributed by atoms with Crippen LogP contribution in [0.2, 0.25) is 65.0 Å². The molecule has 2 N–H and O–H groups in total. The Morgan fingerprint density at radius 3 is 1.46 bits per heavy atom. The number of rotatable bonds is 12. The van der Waals surface area contributed by atoms with Gasteiger partial charge in [0.15, 0.2) is 25.0 Å². The first-order valence-corrected chi connectivity index (χ1v) is 21.0. The molecule has 1 radical (unpaired) electrons. The Morgan fingerprint density at radius 1 is 0.792 bits per heavy atom. The number of aliphatic hydroxyl groups is 2. The SMILES string of the molecule is C[Si](C)(C)O[Si](CCC[CH]C(O)CO)(O[Si](C)(C)C)O[Si](C)(C)C. The predicted molar refractivity (Wildman–Crippen MR) is 110 cm³/mol. The van der Waals surface area contributed by atoms with Crippen LogP contribution < -0.4 is 0 Å². The highest BCUT2D eigenvalue weighted by Gasteiger charge is 2.49. The van der Waals surface area contributed by atoms with Crippen LogP contribution in [0.3, 0.4) is 0 Å². The molecule has 0 aromatic heterocycles. The molecule has 0 spiro atoms. The Kier molecular flexibility index (Phi) is 9.82. The third kappa shape index (κ3) is 12.9. The normalized spacial score (nSPS) is 15.6. The van der Waals surface area contributed by atoms with Crippen molar-refractivity contribution in [3.05, 3.63) is 6.42 Å². The average Bonchev–Trinajstić information content (AvgIpc) is 2.27. The van der Waals surface area contributed by atoms with Gasteiger partial charge >= 0.3 is 8.80 Å². The molecule has 0 rings (SSSR count). The molecule has 1 atom stereocenters. The summed E-state index contributed by atoms with van der Waals surface area (Å²) in [6.07, 6.45) is 2.55. The van der Waals surface area contributed by atoms with Crippen LogP contribution >= 0.6 is 0 Å². The van der Waals surface area contributed by atoms with Crippen LogP contribution in [0.25, 0.3) is 0 Å². The fourth-order valence-electron chi connectivity index (χ4n) is 2.32. The minimum Gasteiger partial charge on any atom is -0.417 e. The molecular formula is C15H39O5Si4. The molecule has 0 aromatic rings. The second-order valence-corrected chi connectivity index (χ2v) is 26.2. The van der Waals surface area contributed by atoms with Crippen LogP contribution in [0.4, 0.5) is 0 Å². The Balaban J connectivity index is 5.24. The summed E-state index contributed by atoms with van der Waals surface area (Å²) in [5, 5.41) is 18.4. The third-order valence-electron chi connectivity index (χ3n) is 2.70. The van der Waals surface area contributed by atoms with Crippen LogP contribution in [-0.2, 0) is 12.3 Å². The van der Waals surface area contributed by atoms with E-state index in [0.29, 0.717) is 0 Å². The lowest BCUT2D eigenvalue weighted by molar-refractivity contribution is 0.116. The zero-order chi connectivity index (χ0) is 19.2. The predicted octanol–water partition coefficient (Wildman–Crippen LogP) is 3.82. The summed E-state index contributed by atoms with van der Waals surface area (Å²) in [6, 6.07) is 0.764. The van der Waals surface area contributed by atoms with Gasteiger partial charge in [0.2, 0.25) is 0 Å². The first-order valence-electron chi connectivity index (χ1n) is 8.80. The van der Waals surface area contributed by atoms with Gasteiger partial charge < -0.3 is 22.6 Å². The molecule has 0 saturated carbocycles. The molecule has 145 valence electrons. The zero-order valence-corrected chi connectivity index (χ0v) is 21.1. The lowest BCUT2D eigenvalue weighted by atomic mass is 10.2. The highest BCUT2D eigenvalue weighted by atomic mass is 28.5. The summed E-state index contributed by atoms with van der Waals surface area (Å²) < 4.78 is 19.8. The standard InChI is InChI=1S/C15H39O5Si4/c1-21(2,3)18-24(19-22(4,5)6,20-23(7,8)9)13-11-10-12-15(17)14-16/h12,15-17H,10-11,13-14H2,1-9H3. The van der Waals surface area contributed by atoms with Crippen LogP contribution in [0, 0.1) is 6.42 Å². The smallest absolute Gasteiger partial charge is 0.417 e. The van der Waals surface area contributed by atoms with E-state index in [9.17, 15) is 5.11 Å². The summed E-state index contributed by atoms with van der Waals surface area (Å²) in [5.74, 6) is 0. The van der Waals surface area contributed by atoms with Gasteiger partial charge in [0.05, 0.1) is 12.7 Å². The third-order valence-corrected chi connectivity index (χ3v) is 14.7. The summed E-state index contributed by atoms with van der Waals surface area (Å²) >= 11 is 0. The van der Waals surface area contributed by atoms with Gasteiger partial charge in [-0.15, -0.1) is 0 Å². The van der Waals surface area contributed by atoms with Crippen molar-refractivity contribution < 1.29 is 22.6 Å². The van der Waals surface area contributed by atoms with Crippen LogP contribution in [-0.4, -0.2) is 56.7 Å². The van der Waals surface area contributed by atoms with Gasteiger partial charge in [-0.1, -0.05) is 0 Å². The Morgan fingerprint density at radius 2 is 1.17 bits per heavy atom. The highest BCUT2D eigenvalue weighted by molar-refractivity contribution is 6.90. The number of hydrogen-bond acceptors (Lipinski definition) is 5. The maximum Gasteiger partial charge on any atom is 0.469 e. The van der Waals surface area contributed by atoms with Gasteiger partial charge in [0, 0.05) is 6.04 Å². The van der Waals surface area contributed by atoms with Crippen LogP contribution in [0.15, 0.2) is 0 Å². The molecule has 0 aliphatic carbocycles. The quantitative estimate of drug-likeness (QED) is 0.377. The lowest BCUT2D eigenvalue weighted by Crippen LogP contribution is -2.60. The second-order valence-electron chi connectivity index (χ2n) is 9.20. The summed E-state index contributed by atoms with van der Waals surface area (Å²) in [5.41, 5.74) is 0. The molecule has 5 nitrogen and oxygen atoms in total. The molecule has 0 aliphatic rings. The summed E-state index contributed by atoms with van der Waals surface area (Å²) in [6.45, 7) is 19.4. The molecule has 24 heavy (non-hydrogen) atoms. The fourth-order valence-corrected chi connectivity index (χ4v) is 17.0. The van der Waals surface area contributed by atoms with Gasteiger partial charge in [-0.05, 0) is 78.2 Å². The Labute approximate surface area is 153 Å². The lowest BCUT2D eigenvalue weighted by Gasteiger charge is -2.43. The molecule has 0 heterocycles. The molecule has 0 amide bonds. The summed E-state index contributed by atoms with van der Waals surface area (Å²) in [4.78, 5) is 0. The maximum absolute atomic E-state index is 9.48. The first kappa shape index (κ1) is 24.7. The van der Waals surface area contributed by atoms with E-state index in [-0.39, 0.29) is 6.61 Å². The van der Waals surface area contributed by atoms with E-state index in [1.54, 1.807) is 6.42 Å². The molecule has 0 saturated heterocycles. The molecule has 0 aliphatic heterocycles. The molecule has 0 fully saturated rings.